The van der Waals surface area contributed by atoms with E-state index in [1.165, 1.54) is 25.8 Å². The van der Waals surface area contributed by atoms with Crippen LogP contribution in [0.1, 0.15) is 52.0 Å². The fraction of sp³-hybridized carbons (Fsp3) is 0.700. The average molecular weight is 362 g/mol. The lowest BCUT2D eigenvalue weighted by atomic mass is 10.0. The summed E-state index contributed by atoms with van der Waals surface area (Å²) >= 11 is 0. The Morgan fingerprint density at radius 3 is 2.85 bits per heavy atom. The lowest BCUT2D eigenvalue weighted by molar-refractivity contribution is 0.159. The van der Waals surface area contributed by atoms with Crippen molar-refractivity contribution in [3.63, 3.8) is 0 Å². The molecule has 0 aromatic carbocycles. The SMILES string of the molecule is CN=C(NCCCN1CCCCC1C)NCc1ccc(OC(C)C)nc1. The van der Waals surface area contributed by atoms with Gasteiger partial charge in [0.15, 0.2) is 5.96 Å². The molecule has 1 unspecified atom stereocenters. The van der Waals surface area contributed by atoms with Crippen LogP contribution in [0.25, 0.3) is 0 Å². The van der Waals surface area contributed by atoms with E-state index >= 15 is 0 Å². The number of ether oxygens (including phenoxy) is 1. The highest BCUT2D eigenvalue weighted by Gasteiger charge is 2.17. The van der Waals surface area contributed by atoms with Crippen LogP contribution < -0.4 is 15.4 Å². The molecule has 2 rings (SSSR count). The van der Waals surface area contributed by atoms with Crippen molar-refractivity contribution in [1.29, 1.82) is 0 Å². The number of aromatic nitrogens is 1. The predicted octanol–water partition coefficient (Wildman–Crippen LogP) is 2.80. The summed E-state index contributed by atoms with van der Waals surface area (Å²) in [5.41, 5.74) is 1.10. The molecule has 0 amide bonds. The molecule has 0 spiro atoms. The van der Waals surface area contributed by atoms with Gasteiger partial charge in [-0.2, -0.15) is 0 Å². The highest BCUT2D eigenvalue weighted by molar-refractivity contribution is 5.79. The van der Waals surface area contributed by atoms with E-state index < -0.39 is 0 Å². The van der Waals surface area contributed by atoms with Crippen molar-refractivity contribution < 1.29 is 4.74 Å². The zero-order valence-electron chi connectivity index (χ0n) is 16.8. The summed E-state index contributed by atoms with van der Waals surface area (Å²) < 4.78 is 5.57. The van der Waals surface area contributed by atoms with Crippen molar-refractivity contribution in [3.8, 4) is 5.88 Å². The minimum atomic E-state index is 0.141. The van der Waals surface area contributed by atoms with Gasteiger partial charge in [-0.1, -0.05) is 12.5 Å². The number of hydrogen-bond acceptors (Lipinski definition) is 4. The van der Waals surface area contributed by atoms with Crippen LogP contribution in [0.2, 0.25) is 0 Å². The van der Waals surface area contributed by atoms with E-state index in [4.69, 9.17) is 4.74 Å². The average Bonchev–Trinajstić information content (AvgIpc) is 2.63. The molecule has 0 bridgehead atoms. The fourth-order valence-corrected chi connectivity index (χ4v) is 3.21. The van der Waals surface area contributed by atoms with Crippen LogP contribution in [0.15, 0.2) is 23.3 Å². The van der Waals surface area contributed by atoms with Gasteiger partial charge in [-0.3, -0.25) is 4.99 Å². The zero-order valence-corrected chi connectivity index (χ0v) is 16.8. The molecule has 2 N–H and O–H groups in total. The maximum atomic E-state index is 5.57. The zero-order chi connectivity index (χ0) is 18.8. The maximum absolute atomic E-state index is 5.57. The second kappa shape index (κ2) is 11.0. The van der Waals surface area contributed by atoms with Gasteiger partial charge in [0.1, 0.15) is 0 Å². The smallest absolute Gasteiger partial charge is 0.213 e. The lowest BCUT2D eigenvalue weighted by Crippen LogP contribution is -2.41. The van der Waals surface area contributed by atoms with E-state index in [0.29, 0.717) is 12.4 Å². The third-order valence-corrected chi connectivity index (χ3v) is 4.69. The first kappa shape index (κ1) is 20.5. The van der Waals surface area contributed by atoms with Crippen molar-refractivity contribution in [1.82, 2.24) is 20.5 Å². The number of nitrogens with zero attached hydrogens (tertiary/aromatic N) is 3. The molecule has 1 aromatic rings. The standard InChI is InChI=1S/C20H35N5O/c1-16(2)26-19-10-9-18(14-23-19)15-24-20(21-4)22-11-7-13-25-12-6-5-8-17(25)3/h9-10,14,16-17H,5-8,11-13,15H2,1-4H3,(H2,21,22,24). The van der Waals surface area contributed by atoms with E-state index in [1.54, 1.807) is 7.05 Å². The van der Waals surface area contributed by atoms with Gasteiger partial charge in [0, 0.05) is 45.0 Å². The van der Waals surface area contributed by atoms with Crippen LogP contribution in [0, 0.1) is 0 Å². The Labute approximate surface area is 158 Å². The summed E-state index contributed by atoms with van der Waals surface area (Å²) in [4.78, 5) is 11.2. The van der Waals surface area contributed by atoms with Gasteiger partial charge in [-0.25, -0.2) is 4.98 Å². The van der Waals surface area contributed by atoms with Crippen molar-refractivity contribution in [3.05, 3.63) is 23.9 Å². The monoisotopic (exact) mass is 361 g/mol. The van der Waals surface area contributed by atoms with Crippen LogP contribution in [0.4, 0.5) is 0 Å². The van der Waals surface area contributed by atoms with E-state index in [1.807, 2.05) is 32.2 Å². The van der Waals surface area contributed by atoms with Gasteiger partial charge in [-0.15, -0.1) is 0 Å². The van der Waals surface area contributed by atoms with E-state index in [2.05, 4.69) is 32.4 Å². The number of likely N-dealkylation sites (tertiary alicyclic amines) is 1. The topological polar surface area (TPSA) is 61.8 Å². The summed E-state index contributed by atoms with van der Waals surface area (Å²) in [6.07, 6.45) is 7.18. The first-order valence-electron chi connectivity index (χ1n) is 9.88. The third kappa shape index (κ3) is 7.20. The third-order valence-electron chi connectivity index (χ3n) is 4.69. The number of aliphatic imine (C=N–C) groups is 1. The van der Waals surface area contributed by atoms with Gasteiger partial charge in [0.05, 0.1) is 6.10 Å². The second-order valence-electron chi connectivity index (χ2n) is 7.26. The summed E-state index contributed by atoms with van der Waals surface area (Å²) in [5, 5.41) is 6.74. The Morgan fingerprint density at radius 1 is 1.35 bits per heavy atom. The second-order valence-corrected chi connectivity index (χ2v) is 7.26. The molecular formula is C20H35N5O. The van der Waals surface area contributed by atoms with Crippen LogP contribution in [0.3, 0.4) is 0 Å². The van der Waals surface area contributed by atoms with Crippen molar-refractivity contribution in [2.75, 3.05) is 26.7 Å². The molecule has 1 saturated heterocycles. The summed E-state index contributed by atoms with van der Waals surface area (Å²) in [6, 6.07) is 4.67. The fourth-order valence-electron chi connectivity index (χ4n) is 3.21. The van der Waals surface area contributed by atoms with Gasteiger partial charge < -0.3 is 20.3 Å². The number of pyridine rings is 1. The molecule has 26 heavy (non-hydrogen) atoms. The minimum absolute atomic E-state index is 0.141. The Kier molecular flexibility index (Phi) is 8.68. The first-order valence-corrected chi connectivity index (χ1v) is 9.88. The number of piperidine rings is 1. The van der Waals surface area contributed by atoms with E-state index in [9.17, 15) is 0 Å². The molecule has 146 valence electrons. The van der Waals surface area contributed by atoms with Crippen LogP contribution in [-0.2, 0) is 6.54 Å². The number of rotatable bonds is 8. The molecule has 1 atom stereocenters. The molecule has 0 aliphatic carbocycles. The van der Waals surface area contributed by atoms with Gasteiger partial charge in [-0.05, 0) is 52.1 Å². The van der Waals surface area contributed by atoms with Crippen molar-refractivity contribution >= 4 is 5.96 Å². The molecule has 1 aliphatic heterocycles. The van der Waals surface area contributed by atoms with Crippen LogP contribution >= 0.6 is 0 Å². The summed E-state index contributed by atoms with van der Waals surface area (Å²) in [6.45, 7) is 10.4. The van der Waals surface area contributed by atoms with Gasteiger partial charge >= 0.3 is 0 Å². The minimum Gasteiger partial charge on any atom is -0.475 e. The summed E-state index contributed by atoms with van der Waals surface area (Å²) in [7, 11) is 1.81. The molecule has 0 saturated carbocycles. The van der Waals surface area contributed by atoms with E-state index in [0.717, 1.165) is 37.1 Å². The van der Waals surface area contributed by atoms with Crippen molar-refractivity contribution in [2.45, 2.75) is 65.1 Å². The molecule has 2 heterocycles. The van der Waals surface area contributed by atoms with Gasteiger partial charge in [0.25, 0.3) is 0 Å². The highest BCUT2D eigenvalue weighted by Crippen LogP contribution is 2.16. The molecule has 6 nitrogen and oxygen atoms in total. The Morgan fingerprint density at radius 2 is 2.19 bits per heavy atom. The number of nitrogens with one attached hydrogen (secondary N) is 2. The Balaban J connectivity index is 1.65. The largest absolute Gasteiger partial charge is 0.475 e. The van der Waals surface area contributed by atoms with E-state index in [-0.39, 0.29) is 6.10 Å². The molecule has 0 radical (unpaired) electrons. The molecule has 1 aromatic heterocycles. The maximum Gasteiger partial charge on any atom is 0.213 e. The van der Waals surface area contributed by atoms with Crippen LogP contribution in [-0.4, -0.2) is 54.7 Å². The van der Waals surface area contributed by atoms with Crippen molar-refractivity contribution in [2.24, 2.45) is 4.99 Å². The molecular weight excluding hydrogens is 326 g/mol. The molecule has 1 fully saturated rings. The number of hydrogen-bond donors (Lipinski definition) is 2. The predicted molar refractivity (Wildman–Crippen MR) is 108 cm³/mol. The Hall–Kier alpha value is -1.82. The summed E-state index contributed by atoms with van der Waals surface area (Å²) in [5.74, 6) is 1.50. The van der Waals surface area contributed by atoms with Gasteiger partial charge in [0.2, 0.25) is 5.88 Å². The Bertz CT molecular complexity index is 544. The molecule has 6 heteroatoms. The van der Waals surface area contributed by atoms with Crippen LogP contribution in [0.5, 0.6) is 5.88 Å². The lowest BCUT2D eigenvalue weighted by Gasteiger charge is -2.33. The molecule has 1 aliphatic rings. The quantitative estimate of drug-likeness (QED) is 0.423. The first-order chi connectivity index (χ1) is 12.6. The number of guanidine groups is 1. The normalized spacial score (nSPS) is 18.8. The highest BCUT2D eigenvalue weighted by atomic mass is 16.5.